The lowest BCUT2D eigenvalue weighted by Gasteiger charge is -2.31. The Labute approximate surface area is 148 Å². The van der Waals surface area contributed by atoms with Gasteiger partial charge in [0.2, 0.25) is 0 Å². The lowest BCUT2D eigenvalue weighted by atomic mass is 10.1. The Bertz CT molecular complexity index is 607. The summed E-state index contributed by atoms with van der Waals surface area (Å²) in [5, 5.41) is 6.20. The third-order valence-corrected chi connectivity index (χ3v) is 3.76. The lowest BCUT2D eigenvalue weighted by molar-refractivity contribution is 0.0912. The predicted molar refractivity (Wildman–Crippen MR) is 94.5 cm³/mol. The van der Waals surface area contributed by atoms with Crippen molar-refractivity contribution in [1.82, 2.24) is 20.2 Å². The highest BCUT2D eigenvalue weighted by Gasteiger charge is 2.24. The molecular formula is C17H27N5O3. The molecule has 1 saturated heterocycles. The molecule has 8 nitrogen and oxygen atoms in total. The van der Waals surface area contributed by atoms with Crippen molar-refractivity contribution in [3.63, 3.8) is 0 Å². The second-order valence-electron chi connectivity index (χ2n) is 7.10. The summed E-state index contributed by atoms with van der Waals surface area (Å²) in [7, 11) is 0. The lowest BCUT2D eigenvalue weighted by Crippen LogP contribution is -2.43. The molecule has 138 valence electrons. The van der Waals surface area contributed by atoms with Gasteiger partial charge < -0.3 is 20.3 Å². The second-order valence-corrected chi connectivity index (χ2v) is 7.10. The summed E-state index contributed by atoms with van der Waals surface area (Å²) in [6.07, 6.45) is 2.72. The van der Waals surface area contributed by atoms with Crippen LogP contribution in [0.5, 0.6) is 0 Å². The quantitative estimate of drug-likeness (QED) is 0.863. The molecule has 2 N–H and O–H groups in total. The fraction of sp³-hybridized carbons (Fsp3) is 0.647. The third kappa shape index (κ3) is 5.88. The first-order chi connectivity index (χ1) is 11.8. The van der Waals surface area contributed by atoms with E-state index in [1.807, 2.05) is 20.8 Å². The van der Waals surface area contributed by atoms with Crippen molar-refractivity contribution >= 4 is 17.8 Å². The standard InChI is InChI=1S/C17H27N5O3/c1-5-25-16(24)22-8-6-12(7-9-22)20-14-10-13(18-11-19-14)15(23)21-17(2,3)4/h10-12H,5-9H2,1-4H3,(H,21,23)(H,18,19,20). The van der Waals surface area contributed by atoms with E-state index in [1.165, 1.54) is 6.33 Å². The zero-order valence-corrected chi connectivity index (χ0v) is 15.3. The molecule has 2 amide bonds. The summed E-state index contributed by atoms with van der Waals surface area (Å²) >= 11 is 0. The van der Waals surface area contributed by atoms with E-state index in [2.05, 4.69) is 20.6 Å². The highest BCUT2D eigenvalue weighted by molar-refractivity contribution is 5.93. The third-order valence-electron chi connectivity index (χ3n) is 3.76. The minimum absolute atomic E-state index is 0.194. The molecule has 0 aromatic carbocycles. The molecule has 0 spiro atoms. The number of amides is 2. The number of nitrogens with one attached hydrogen (secondary N) is 2. The Morgan fingerprint density at radius 2 is 1.96 bits per heavy atom. The van der Waals surface area contributed by atoms with Gasteiger partial charge in [0, 0.05) is 30.7 Å². The van der Waals surface area contributed by atoms with Gasteiger partial charge in [-0.1, -0.05) is 0 Å². The van der Waals surface area contributed by atoms with E-state index in [-0.39, 0.29) is 23.6 Å². The fourth-order valence-electron chi connectivity index (χ4n) is 2.60. The van der Waals surface area contributed by atoms with Gasteiger partial charge in [0.05, 0.1) is 6.61 Å². The van der Waals surface area contributed by atoms with Crippen molar-refractivity contribution in [1.29, 1.82) is 0 Å². The molecule has 0 aliphatic carbocycles. The minimum Gasteiger partial charge on any atom is -0.450 e. The van der Waals surface area contributed by atoms with Crippen LogP contribution in [-0.4, -0.2) is 58.1 Å². The first-order valence-electron chi connectivity index (χ1n) is 8.61. The Morgan fingerprint density at radius 1 is 1.28 bits per heavy atom. The van der Waals surface area contributed by atoms with E-state index in [0.29, 0.717) is 31.2 Å². The molecule has 0 unspecified atom stereocenters. The maximum Gasteiger partial charge on any atom is 0.409 e. The smallest absolute Gasteiger partial charge is 0.409 e. The van der Waals surface area contributed by atoms with Gasteiger partial charge >= 0.3 is 6.09 Å². The van der Waals surface area contributed by atoms with Gasteiger partial charge in [0.25, 0.3) is 5.91 Å². The van der Waals surface area contributed by atoms with Crippen LogP contribution < -0.4 is 10.6 Å². The molecule has 2 rings (SSSR count). The molecule has 1 fully saturated rings. The maximum atomic E-state index is 12.2. The topological polar surface area (TPSA) is 96.5 Å². The molecule has 0 atom stereocenters. The molecule has 0 saturated carbocycles. The summed E-state index contributed by atoms with van der Waals surface area (Å²) in [4.78, 5) is 33.9. The van der Waals surface area contributed by atoms with E-state index in [1.54, 1.807) is 17.9 Å². The van der Waals surface area contributed by atoms with Crippen molar-refractivity contribution in [2.45, 2.75) is 52.1 Å². The van der Waals surface area contributed by atoms with Gasteiger partial charge in [-0.2, -0.15) is 0 Å². The van der Waals surface area contributed by atoms with Crippen LogP contribution in [0, 0.1) is 0 Å². The van der Waals surface area contributed by atoms with E-state index < -0.39 is 0 Å². The number of rotatable bonds is 4. The van der Waals surface area contributed by atoms with Gasteiger partial charge in [0.15, 0.2) is 0 Å². The molecular weight excluding hydrogens is 322 g/mol. The molecule has 1 aliphatic rings. The highest BCUT2D eigenvalue weighted by Crippen LogP contribution is 2.16. The van der Waals surface area contributed by atoms with E-state index in [9.17, 15) is 9.59 Å². The van der Waals surface area contributed by atoms with Gasteiger partial charge in [0.1, 0.15) is 17.8 Å². The van der Waals surface area contributed by atoms with Gasteiger partial charge in [-0.15, -0.1) is 0 Å². The number of aromatic nitrogens is 2. The summed E-state index contributed by atoms with van der Waals surface area (Å²) in [6.45, 7) is 9.22. The van der Waals surface area contributed by atoms with Crippen LogP contribution in [-0.2, 0) is 4.74 Å². The number of hydrogen-bond acceptors (Lipinski definition) is 6. The van der Waals surface area contributed by atoms with Crippen LogP contribution in [0.2, 0.25) is 0 Å². The van der Waals surface area contributed by atoms with Crippen molar-refractivity contribution in [2.75, 3.05) is 25.0 Å². The molecule has 0 bridgehead atoms. The number of nitrogens with zero attached hydrogens (tertiary/aromatic N) is 3. The van der Waals surface area contributed by atoms with Crippen LogP contribution >= 0.6 is 0 Å². The summed E-state index contributed by atoms with van der Waals surface area (Å²) in [5.41, 5.74) is 0.00613. The highest BCUT2D eigenvalue weighted by atomic mass is 16.6. The largest absolute Gasteiger partial charge is 0.450 e. The zero-order chi connectivity index (χ0) is 18.4. The number of carbonyl (C=O) groups is 2. The molecule has 2 heterocycles. The molecule has 1 aliphatic heterocycles. The SMILES string of the molecule is CCOC(=O)N1CCC(Nc2cc(C(=O)NC(C)(C)C)ncn2)CC1. The average Bonchev–Trinajstić information content (AvgIpc) is 2.54. The first-order valence-corrected chi connectivity index (χ1v) is 8.61. The fourth-order valence-corrected chi connectivity index (χ4v) is 2.60. The maximum absolute atomic E-state index is 12.2. The first kappa shape index (κ1) is 19.0. The number of piperidine rings is 1. The normalized spacial score (nSPS) is 15.6. The van der Waals surface area contributed by atoms with Crippen LogP contribution in [0.4, 0.5) is 10.6 Å². The zero-order valence-electron chi connectivity index (χ0n) is 15.3. The van der Waals surface area contributed by atoms with Crippen molar-refractivity contribution in [3.05, 3.63) is 18.1 Å². The Morgan fingerprint density at radius 3 is 2.56 bits per heavy atom. The van der Waals surface area contributed by atoms with Crippen LogP contribution in [0.15, 0.2) is 12.4 Å². The number of anilines is 1. The molecule has 25 heavy (non-hydrogen) atoms. The number of ether oxygens (including phenoxy) is 1. The Kier molecular flexibility index (Phi) is 6.17. The van der Waals surface area contributed by atoms with E-state index in [0.717, 1.165) is 12.8 Å². The molecule has 1 aromatic heterocycles. The van der Waals surface area contributed by atoms with Gasteiger partial charge in [-0.3, -0.25) is 4.79 Å². The molecule has 8 heteroatoms. The summed E-state index contributed by atoms with van der Waals surface area (Å²) in [6, 6.07) is 1.85. The Hall–Kier alpha value is -2.38. The summed E-state index contributed by atoms with van der Waals surface area (Å²) < 4.78 is 5.02. The van der Waals surface area contributed by atoms with Crippen molar-refractivity contribution in [3.8, 4) is 0 Å². The van der Waals surface area contributed by atoms with Gasteiger partial charge in [-0.05, 0) is 40.5 Å². The van der Waals surface area contributed by atoms with Gasteiger partial charge in [-0.25, -0.2) is 14.8 Å². The minimum atomic E-state index is -0.324. The summed E-state index contributed by atoms with van der Waals surface area (Å²) in [5.74, 6) is 0.388. The average molecular weight is 349 g/mol. The molecule has 1 aromatic rings. The molecule has 0 radical (unpaired) electrons. The van der Waals surface area contributed by atoms with Crippen LogP contribution in [0.25, 0.3) is 0 Å². The number of carbonyl (C=O) groups excluding carboxylic acids is 2. The number of likely N-dealkylation sites (tertiary alicyclic amines) is 1. The Balaban J connectivity index is 1.91. The van der Waals surface area contributed by atoms with E-state index >= 15 is 0 Å². The van der Waals surface area contributed by atoms with Crippen molar-refractivity contribution < 1.29 is 14.3 Å². The monoisotopic (exact) mass is 349 g/mol. The van der Waals surface area contributed by atoms with E-state index in [4.69, 9.17) is 4.74 Å². The second kappa shape index (κ2) is 8.13. The number of hydrogen-bond donors (Lipinski definition) is 2. The van der Waals surface area contributed by atoms with Crippen molar-refractivity contribution in [2.24, 2.45) is 0 Å². The van der Waals surface area contributed by atoms with Crippen LogP contribution in [0.3, 0.4) is 0 Å². The van der Waals surface area contributed by atoms with Crippen LogP contribution in [0.1, 0.15) is 51.0 Å². The predicted octanol–water partition coefficient (Wildman–Crippen LogP) is 2.04.